The van der Waals surface area contributed by atoms with Crippen molar-refractivity contribution in [3.05, 3.63) is 63.3 Å². The first-order valence-corrected chi connectivity index (χ1v) is 8.31. The number of pyridine rings is 1. The molecule has 3 aromatic rings. The van der Waals surface area contributed by atoms with Crippen LogP contribution in [-0.2, 0) is 4.79 Å². The number of amides is 1. The molecule has 0 saturated heterocycles. The van der Waals surface area contributed by atoms with Gasteiger partial charge in [0.25, 0.3) is 5.91 Å². The van der Waals surface area contributed by atoms with Crippen LogP contribution in [0.25, 0.3) is 10.9 Å². The SMILES string of the molecule is O=C(COc1ccc(Cl)c2cccnc12)Nc1ccccc1I. The fourth-order valence-electron chi connectivity index (χ4n) is 2.12. The number of nitrogens with one attached hydrogen (secondary N) is 1. The van der Waals surface area contributed by atoms with Gasteiger partial charge in [-0.1, -0.05) is 23.7 Å². The van der Waals surface area contributed by atoms with Crippen LogP contribution in [0, 0.1) is 3.57 Å². The second kappa shape index (κ2) is 7.14. The fraction of sp³-hybridized carbons (Fsp3) is 0.0588. The predicted octanol–water partition coefficient (Wildman–Crippen LogP) is 4.51. The molecule has 116 valence electrons. The number of carbonyl (C=O) groups excluding carboxylic acids is 1. The first kappa shape index (κ1) is 16.0. The van der Waals surface area contributed by atoms with E-state index in [0.29, 0.717) is 16.3 Å². The number of hydrogen-bond donors (Lipinski definition) is 1. The number of halogens is 2. The molecule has 0 spiro atoms. The summed E-state index contributed by atoms with van der Waals surface area (Å²) in [5, 5.41) is 4.22. The Balaban J connectivity index is 1.73. The lowest BCUT2D eigenvalue weighted by Gasteiger charge is -2.10. The second-order valence-corrected chi connectivity index (χ2v) is 6.33. The maximum atomic E-state index is 12.1. The van der Waals surface area contributed by atoms with Gasteiger partial charge in [-0.25, -0.2) is 0 Å². The van der Waals surface area contributed by atoms with Gasteiger partial charge in [-0.3, -0.25) is 9.78 Å². The highest BCUT2D eigenvalue weighted by Crippen LogP contribution is 2.29. The van der Waals surface area contributed by atoms with E-state index in [4.69, 9.17) is 16.3 Å². The number of hydrogen-bond acceptors (Lipinski definition) is 3. The van der Waals surface area contributed by atoms with Crippen LogP contribution in [0.3, 0.4) is 0 Å². The third-order valence-corrected chi connectivity index (χ3v) is 4.46. The van der Waals surface area contributed by atoms with Gasteiger partial charge >= 0.3 is 0 Å². The number of anilines is 1. The maximum absolute atomic E-state index is 12.1. The van der Waals surface area contributed by atoms with E-state index in [-0.39, 0.29) is 12.5 Å². The molecule has 3 rings (SSSR count). The molecule has 1 aromatic heterocycles. The molecule has 0 aliphatic heterocycles. The first-order valence-electron chi connectivity index (χ1n) is 6.85. The average molecular weight is 439 g/mol. The molecule has 23 heavy (non-hydrogen) atoms. The van der Waals surface area contributed by atoms with Crippen molar-refractivity contribution >= 4 is 56.7 Å². The lowest BCUT2D eigenvalue weighted by atomic mass is 10.2. The van der Waals surface area contributed by atoms with Gasteiger partial charge in [-0.05, 0) is 59.0 Å². The van der Waals surface area contributed by atoms with E-state index in [0.717, 1.165) is 14.6 Å². The highest BCUT2D eigenvalue weighted by atomic mass is 127. The third kappa shape index (κ3) is 3.73. The number of benzene rings is 2. The Morgan fingerprint density at radius 2 is 2.00 bits per heavy atom. The van der Waals surface area contributed by atoms with E-state index >= 15 is 0 Å². The van der Waals surface area contributed by atoms with Crippen molar-refractivity contribution in [2.75, 3.05) is 11.9 Å². The van der Waals surface area contributed by atoms with E-state index in [2.05, 4.69) is 32.9 Å². The Hall–Kier alpha value is -1.86. The molecule has 0 saturated carbocycles. The van der Waals surface area contributed by atoms with E-state index in [1.807, 2.05) is 36.4 Å². The molecule has 0 atom stereocenters. The van der Waals surface area contributed by atoms with Gasteiger partial charge in [0.15, 0.2) is 6.61 Å². The molecule has 1 heterocycles. The number of ether oxygens (including phenoxy) is 1. The Kier molecular flexibility index (Phi) is 4.97. The Morgan fingerprint density at radius 1 is 1.17 bits per heavy atom. The van der Waals surface area contributed by atoms with Crippen molar-refractivity contribution in [3.63, 3.8) is 0 Å². The van der Waals surface area contributed by atoms with Crippen LogP contribution >= 0.6 is 34.2 Å². The van der Waals surface area contributed by atoms with Crippen LogP contribution in [0.1, 0.15) is 0 Å². The molecule has 0 fully saturated rings. The van der Waals surface area contributed by atoms with Crippen LogP contribution in [0.2, 0.25) is 5.02 Å². The summed E-state index contributed by atoms with van der Waals surface area (Å²) in [6.07, 6.45) is 1.66. The number of carbonyl (C=O) groups is 1. The first-order chi connectivity index (χ1) is 11.1. The average Bonchev–Trinajstić information content (AvgIpc) is 2.57. The van der Waals surface area contributed by atoms with E-state index in [1.165, 1.54) is 0 Å². The molecule has 1 N–H and O–H groups in total. The zero-order valence-electron chi connectivity index (χ0n) is 11.9. The topological polar surface area (TPSA) is 51.2 Å². The van der Waals surface area contributed by atoms with Gasteiger partial charge in [-0.2, -0.15) is 0 Å². The summed E-state index contributed by atoms with van der Waals surface area (Å²) < 4.78 is 6.58. The van der Waals surface area contributed by atoms with Crippen molar-refractivity contribution < 1.29 is 9.53 Å². The summed E-state index contributed by atoms with van der Waals surface area (Å²) in [6.45, 7) is -0.0989. The predicted molar refractivity (Wildman–Crippen MR) is 100 cm³/mol. The van der Waals surface area contributed by atoms with Gasteiger partial charge in [0.1, 0.15) is 11.3 Å². The quantitative estimate of drug-likeness (QED) is 0.610. The van der Waals surface area contributed by atoms with E-state index < -0.39 is 0 Å². The van der Waals surface area contributed by atoms with Crippen LogP contribution in [0.4, 0.5) is 5.69 Å². The van der Waals surface area contributed by atoms with Crippen molar-refractivity contribution in [3.8, 4) is 5.75 Å². The Labute approximate surface area is 152 Å². The van der Waals surface area contributed by atoms with Gasteiger partial charge in [-0.15, -0.1) is 0 Å². The van der Waals surface area contributed by atoms with Crippen molar-refractivity contribution in [2.45, 2.75) is 0 Å². The molecular formula is C17H12ClIN2O2. The standard InChI is InChI=1S/C17H12ClIN2O2/c18-12-7-8-15(17-11(12)4-3-9-20-17)23-10-16(22)21-14-6-2-1-5-13(14)19/h1-9H,10H2,(H,21,22). The molecule has 0 aliphatic carbocycles. The highest BCUT2D eigenvalue weighted by Gasteiger charge is 2.10. The van der Waals surface area contributed by atoms with Crippen LogP contribution < -0.4 is 10.1 Å². The number of para-hydroxylation sites is 1. The molecule has 4 nitrogen and oxygen atoms in total. The summed E-state index contributed by atoms with van der Waals surface area (Å²) >= 11 is 8.31. The minimum absolute atomic E-state index is 0.0989. The lowest BCUT2D eigenvalue weighted by Crippen LogP contribution is -2.20. The minimum atomic E-state index is -0.229. The Bertz CT molecular complexity index is 870. The number of aromatic nitrogens is 1. The van der Waals surface area contributed by atoms with Crippen LogP contribution in [0.15, 0.2) is 54.7 Å². The fourth-order valence-corrected chi connectivity index (χ4v) is 2.86. The normalized spacial score (nSPS) is 10.5. The zero-order chi connectivity index (χ0) is 16.2. The number of nitrogens with zero attached hydrogens (tertiary/aromatic N) is 1. The molecule has 0 radical (unpaired) electrons. The largest absolute Gasteiger partial charge is 0.481 e. The van der Waals surface area contributed by atoms with Gasteiger partial charge in [0, 0.05) is 15.2 Å². The van der Waals surface area contributed by atoms with Crippen molar-refractivity contribution in [2.24, 2.45) is 0 Å². The number of fused-ring (bicyclic) bond motifs is 1. The summed E-state index contributed by atoms with van der Waals surface area (Å²) in [4.78, 5) is 16.3. The van der Waals surface area contributed by atoms with E-state index in [1.54, 1.807) is 18.3 Å². The number of rotatable bonds is 4. The minimum Gasteiger partial charge on any atom is -0.481 e. The summed E-state index contributed by atoms with van der Waals surface area (Å²) in [6, 6.07) is 14.7. The summed E-state index contributed by atoms with van der Waals surface area (Å²) in [7, 11) is 0. The zero-order valence-corrected chi connectivity index (χ0v) is 14.8. The third-order valence-electron chi connectivity index (χ3n) is 3.19. The maximum Gasteiger partial charge on any atom is 0.262 e. The van der Waals surface area contributed by atoms with Gasteiger partial charge < -0.3 is 10.1 Å². The van der Waals surface area contributed by atoms with Gasteiger partial charge in [0.05, 0.1) is 10.7 Å². The molecule has 0 unspecified atom stereocenters. The molecule has 0 bridgehead atoms. The van der Waals surface area contributed by atoms with Crippen LogP contribution in [0.5, 0.6) is 5.75 Å². The van der Waals surface area contributed by atoms with Gasteiger partial charge in [0.2, 0.25) is 0 Å². The highest BCUT2D eigenvalue weighted by molar-refractivity contribution is 14.1. The summed E-state index contributed by atoms with van der Waals surface area (Å²) in [5.74, 6) is 0.302. The molecule has 0 aliphatic rings. The van der Waals surface area contributed by atoms with Crippen molar-refractivity contribution in [1.82, 2.24) is 4.98 Å². The van der Waals surface area contributed by atoms with E-state index in [9.17, 15) is 4.79 Å². The lowest BCUT2D eigenvalue weighted by molar-refractivity contribution is -0.118. The van der Waals surface area contributed by atoms with Crippen LogP contribution in [-0.4, -0.2) is 17.5 Å². The Morgan fingerprint density at radius 3 is 2.83 bits per heavy atom. The molecule has 6 heteroatoms. The molecular weight excluding hydrogens is 427 g/mol. The molecule has 2 aromatic carbocycles. The smallest absolute Gasteiger partial charge is 0.262 e. The summed E-state index contributed by atoms with van der Waals surface area (Å²) in [5.41, 5.74) is 1.41. The monoisotopic (exact) mass is 438 g/mol. The molecule has 1 amide bonds. The van der Waals surface area contributed by atoms with Crippen molar-refractivity contribution in [1.29, 1.82) is 0 Å². The second-order valence-electron chi connectivity index (χ2n) is 4.76.